The Hall–Kier alpha value is -1.83. The maximum atomic E-state index is 11.7. The van der Waals surface area contributed by atoms with Gasteiger partial charge in [0.05, 0.1) is 6.42 Å². The third kappa shape index (κ3) is 6.37. The quantitative estimate of drug-likeness (QED) is 0.546. The van der Waals surface area contributed by atoms with E-state index in [1.165, 1.54) is 5.57 Å². The van der Waals surface area contributed by atoms with Crippen LogP contribution in [0, 0.1) is 5.92 Å². The minimum atomic E-state index is -0.179. The van der Waals surface area contributed by atoms with Crippen LogP contribution >= 0.6 is 0 Å². The van der Waals surface area contributed by atoms with Gasteiger partial charge < -0.3 is 4.74 Å². The van der Waals surface area contributed by atoms with Crippen LogP contribution in [0.25, 0.3) is 0 Å². The van der Waals surface area contributed by atoms with E-state index in [1.54, 1.807) is 0 Å². The summed E-state index contributed by atoms with van der Waals surface area (Å²) in [5.41, 5.74) is 2.25. The number of hydrogen-bond acceptors (Lipinski definition) is 2. The summed E-state index contributed by atoms with van der Waals surface area (Å²) < 4.78 is 5.24. The summed E-state index contributed by atoms with van der Waals surface area (Å²) in [6.07, 6.45) is 7.57. The summed E-state index contributed by atoms with van der Waals surface area (Å²) in [5.74, 6) is 0.306. The number of benzene rings is 1. The molecule has 0 aliphatic heterocycles. The molecule has 1 atom stereocenters. The maximum Gasteiger partial charge on any atom is 0.310 e. The van der Waals surface area contributed by atoms with Crippen LogP contribution in [0.4, 0.5) is 0 Å². The highest BCUT2D eigenvalue weighted by Gasteiger charge is 2.05. The fourth-order valence-electron chi connectivity index (χ4n) is 1.81. The monoisotopic (exact) mass is 272 g/mol. The summed E-state index contributed by atoms with van der Waals surface area (Å²) in [5, 5.41) is 0. The van der Waals surface area contributed by atoms with Gasteiger partial charge in [0, 0.05) is 0 Å². The Bertz CT molecular complexity index is 458. The van der Waals surface area contributed by atoms with Crippen molar-refractivity contribution in [3.8, 4) is 0 Å². The predicted molar refractivity (Wildman–Crippen MR) is 83.5 cm³/mol. The Balaban J connectivity index is 2.34. The van der Waals surface area contributed by atoms with Crippen molar-refractivity contribution in [3.05, 3.63) is 59.7 Å². The first-order valence-corrected chi connectivity index (χ1v) is 7.10. The molecule has 0 fully saturated rings. The van der Waals surface area contributed by atoms with E-state index in [4.69, 9.17) is 4.74 Å². The van der Waals surface area contributed by atoms with Crippen LogP contribution in [-0.2, 0) is 16.0 Å². The lowest BCUT2D eigenvalue weighted by atomic mass is 9.99. The molecule has 1 unspecified atom stereocenters. The van der Waals surface area contributed by atoms with Crippen LogP contribution in [-0.4, -0.2) is 12.6 Å². The molecule has 0 saturated carbocycles. The van der Waals surface area contributed by atoms with E-state index < -0.39 is 0 Å². The molecule has 0 amide bonds. The highest BCUT2D eigenvalue weighted by atomic mass is 16.5. The molecule has 20 heavy (non-hydrogen) atoms. The minimum absolute atomic E-state index is 0.179. The molecular weight excluding hydrogens is 248 g/mol. The fourth-order valence-corrected chi connectivity index (χ4v) is 1.81. The van der Waals surface area contributed by atoms with Gasteiger partial charge in [0.25, 0.3) is 0 Å². The molecule has 0 aliphatic rings. The van der Waals surface area contributed by atoms with E-state index in [9.17, 15) is 4.79 Å². The second-order valence-corrected chi connectivity index (χ2v) is 5.00. The number of carbonyl (C=O) groups excluding carboxylic acids is 1. The summed E-state index contributed by atoms with van der Waals surface area (Å²) >= 11 is 0. The molecule has 108 valence electrons. The smallest absolute Gasteiger partial charge is 0.310 e. The summed E-state index contributed by atoms with van der Waals surface area (Å²) in [6, 6.07) is 9.65. The number of ether oxygens (including phenoxy) is 1. The topological polar surface area (TPSA) is 26.3 Å². The van der Waals surface area contributed by atoms with Gasteiger partial charge in [-0.3, -0.25) is 4.79 Å². The van der Waals surface area contributed by atoms with Crippen LogP contribution in [0.5, 0.6) is 0 Å². The van der Waals surface area contributed by atoms with E-state index in [-0.39, 0.29) is 5.97 Å². The van der Waals surface area contributed by atoms with Crippen LogP contribution in [0.3, 0.4) is 0 Å². The number of rotatable bonds is 7. The van der Waals surface area contributed by atoms with Crippen molar-refractivity contribution in [1.29, 1.82) is 0 Å². The first kappa shape index (κ1) is 16.2. The number of carbonyl (C=O) groups is 1. The van der Waals surface area contributed by atoms with Crippen molar-refractivity contribution >= 4 is 5.97 Å². The second kappa shape index (κ2) is 9.13. The van der Waals surface area contributed by atoms with Crippen molar-refractivity contribution in [2.45, 2.75) is 33.6 Å². The number of esters is 1. The molecule has 0 aromatic heterocycles. The lowest BCUT2D eigenvalue weighted by molar-refractivity contribution is -0.141. The lowest BCUT2D eigenvalue weighted by Crippen LogP contribution is -2.08. The van der Waals surface area contributed by atoms with Gasteiger partial charge in [0.2, 0.25) is 0 Å². The summed E-state index contributed by atoms with van der Waals surface area (Å²) in [7, 11) is 0. The molecule has 0 aliphatic carbocycles. The molecule has 0 radical (unpaired) electrons. The van der Waals surface area contributed by atoms with E-state index in [0.29, 0.717) is 18.9 Å². The van der Waals surface area contributed by atoms with Crippen molar-refractivity contribution in [2.75, 3.05) is 6.61 Å². The molecular formula is C18H24O2. The Morgan fingerprint density at radius 2 is 2.00 bits per heavy atom. The number of allylic oxidation sites excluding steroid dienone is 3. The van der Waals surface area contributed by atoms with Crippen molar-refractivity contribution in [1.82, 2.24) is 0 Å². The van der Waals surface area contributed by atoms with Crippen molar-refractivity contribution in [2.24, 2.45) is 5.92 Å². The fraction of sp³-hybridized carbons (Fsp3) is 0.389. The number of hydrogen-bond donors (Lipinski definition) is 0. The second-order valence-electron chi connectivity index (χ2n) is 5.00. The Labute approximate surface area is 122 Å². The van der Waals surface area contributed by atoms with Crippen LogP contribution in [0.2, 0.25) is 0 Å². The van der Waals surface area contributed by atoms with Gasteiger partial charge in [-0.15, -0.1) is 0 Å². The van der Waals surface area contributed by atoms with Crippen LogP contribution in [0.15, 0.2) is 54.1 Å². The third-order valence-corrected chi connectivity index (χ3v) is 3.34. The van der Waals surface area contributed by atoms with Gasteiger partial charge in [0.15, 0.2) is 0 Å². The highest BCUT2D eigenvalue weighted by Crippen LogP contribution is 2.14. The standard InChI is InChI=1S/C18H24O2/c1-4-5-9-15(2)16(3)12-13-20-18(19)14-17-10-7-6-8-11-17/h4-8,10-12,15H,9,13-14H2,1-3H3/b5-4+,16-12+. The van der Waals surface area contributed by atoms with Gasteiger partial charge in [-0.05, 0) is 37.8 Å². The minimum Gasteiger partial charge on any atom is -0.461 e. The highest BCUT2D eigenvalue weighted by molar-refractivity contribution is 5.72. The van der Waals surface area contributed by atoms with Gasteiger partial charge in [0.1, 0.15) is 6.61 Å². The van der Waals surface area contributed by atoms with E-state index in [2.05, 4.69) is 26.0 Å². The first-order valence-electron chi connectivity index (χ1n) is 7.10. The third-order valence-electron chi connectivity index (χ3n) is 3.34. The predicted octanol–water partition coefficient (Wildman–Crippen LogP) is 4.32. The molecule has 0 spiro atoms. The molecule has 0 saturated heterocycles. The lowest BCUT2D eigenvalue weighted by Gasteiger charge is -2.10. The van der Waals surface area contributed by atoms with E-state index in [0.717, 1.165) is 12.0 Å². The summed E-state index contributed by atoms with van der Waals surface area (Å²) in [4.78, 5) is 11.7. The molecule has 1 aromatic carbocycles. The van der Waals surface area contributed by atoms with Gasteiger partial charge in [-0.25, -0.2) is 0 Å². The summed E-state index contributed by atoms with van der Waals surface area (Å²) in [6.45, 7) is 6.64. The molecule has 0 bridgehead atoms. The largest absolute Gasteiger partial charge is 0.461 e. The average Bonchev–Trinajstić information content (AvgIpc) is 2.45. The zero-order valence-electron chi connectivity index (χ0n) is 12.6. The Morgan fingerprint density at radius 1 is 1.30 bits per heavy atom. The van der Waals surface area contributed by atoms with Crippen molar-refractivity contribution < 1.29 is 9.53 Å². The Kier molecular flexibility index (Phi) is 7.41. The van der Waals surface area contributed by atoms with E-state index in [1.807, 2.05) is 43.3 Å². The molecule has 0 N–H and O–H groups in total. The molecule has 1 aromatic rings. The Morgan fingerprint density at radius 3 is 2.65 bits per heavy atom. The molecule has 0 heterocycles. The van der Waals surface area contributed by atoms with E-state index >= 15 is 0 Å². The van der Waals surface area contributed by atoms with Gasteiger partial charge in [-0.1, -0.05) is 55.0 Å². The zero-order chi connectivity index (χ0) is 14.8. The van der Waals surface area contributed by atoms with Crippen molar-refractivity contribution in [3.63, 3.8) is 0 Å². The molecule has 2 heteroatoms. The molecule has 1 rings (SSSR count). The SMILES string of the molecule is C/C=C/CC(C)/C(C)=C/COC(=O)Cc1ccccc1. The first-order chi connectivity index (χ1) is 9.63. The van der Waals surface area contributed by atoms with Crippen LogP contribution in [0.1, 0.15) is 32.8 Å². The maximum absolute atomic E-state index is 11.7. The normalized spacial score (nSPS) is 13.4. The molecule has 2 nitrogen and oxygen atoms in total. The van der Waals surface area contributed by atoms with Crippen LogP contribution < -0.4 is 0 Å². The van der Waals surface area contributed by atoms with Gasteiger partial charge in [-0.2, -0.15) is 0 Å². The average molecular weight is 272 g/mol. The van der Waals surface area contributed by atoms with Gasteiger partial charge >= 0.3 is 5.97 Å². The zero-order valence-corrected chi connectivity index (χ0v) is 12.6.